The minimum Gasteiger partial charge on any atom is -0.274 e. The Hall–Kier alpha value is -2.76. The minimum atomic E-state index is -0.481. The van der Waals surface area contributed by atoms with Crippen LogP contribution in [0.15, 0.2) is 41.4 Å². The molecule has 0 aliphatic carbocycles. The molecule has 4 rings (SSSR count). The van der Waals surface area contributed by atoms with Crippen molar-refractivity contribution in [3.63, 3.8) is 0 Å². The molecule has 24 heavy (non-hydrogen) atoms. The van der Waals surface area contributed by atoms with Gasteiger partial charge in [0.2, 0.25) is 5.82 Å². The first kappa shape index (κ1) is 14.8. The highest BCUT2D eigenvalue weighted by Gasteiger charge is 2.30. The Morgan fingerprint density at radius 1 is 0.958 bits per heavy atom. The summed E-state index contributed by atoms with van der Waals surface area (Å²) in [6.45, 7) is 3.85. The Bertz CT molecular complexity index is 995. The zero-order valence-electron chi connectivity index (χ0n) is 13.2. The number of halogens is 2. The second kappa shape index (κ2) is 5.12. The van der Waals surface area contributed by atoms with Crippen molar-refractivity contribution in [1.29, 1.82) is 0 Å². The van der Waals surface area contributed by atoms with Crippen LogP contribution in [-0.4, -0.2) is 26.4 Å². The molecule has 0 atom stereocenters. The van der Waals surface area contributed by atoms with Gasteiger partial charge in [-0.25, -0.2) is 13.8 Å². The van der Waals surface area contributed by atoms with Crippen LogP contribution in [-0.2, 0) is 6.42 Å². The van der Waals surface area contributed by atoms with E-state index < -0.39 is 11.4 Å². The molecule has 0 spiro atoms. The molecule has 0 fully saturated rings. The third-order valence-corrected chi connectivity index (χ3v) is 4.05. The third-order valence-electron chi connectivity index (χ3n) is 4.05. The van der Waals surface area contributed by atoms with Crippen molar-refractivity contribution in [2.24, 2.45) is 4.99 Å². The molecule has 1 aliphatic heterocycles. The van der Waals surface area contributed by atoms with Gasteiger partial charge in [-0.2, -0.15) is 0 Å². The van der Waals surface area contributed by atoms with Gasteiger partial charge in [0.25, 0.3) is 0 Å². The summed E-state index contributed by atoms with van der Waals surface area (Å²) >= 11 is 0. The van der Waals surface area contributed by atoms with Crippen LogP contribution in [0.25, 0.3) is 11.0 Å². The fraction of sp³-hybridized carbons (Fsp3) is 0.222. The number of benzene rings is 2. The van der Waals surface area contributed by atoms with Crippen LogP contribution in [0.4, 0.5) is 8.78 Å². The Kier molecular flexibility index (Phi) is 3.16. The highest BCUT2D eigenvalue weighted by molar-refractivity contribution is 6.12. The van der Waals surface area contributed by atoms with E-state index in [0.717, 1.165) is 0 Å². The Morgan fingerprint density at radius 3 is 2.54 bits per heavy atom. The lowest BCUT2D eigenvalue weighted by Gasteiger charge is -2.28. The lowest BCUT2D eigenvalue weighted by Crippen LogP contribution is -2.31. The molecule has 0 amide bonds. The standard InChI is InChI=1S/C18H14F2N4/c1-18(2)9-11-10(5-3-6-12(11)19)15(22-18)17-21-14-8-4-7-13(20)16(14)23-24-17/h3-8H,9H2,1-2H3. The molecule has 0 saturated heterocycles. The lowest BCUT2D eigenvalue weighted by molar-refractivity contribution is 0.492. The van der Waals surface area contributed by atoms with Gasteiger partial charge >= 0.3 is 0 Å². The summed E-state index contributed by atoms with van der Waals surface area (Å²) in [6.07, 6.45) is 0.494. The lowest BCUT2D eigenvalue weighted by atomic mass is 9.86. The highest BCUT2D eigenvalue weighted by Crippen LogP contribution is 2.30. The predicted octanol–water partition coefficient (Wildman–Crippen LogP) is 3.48. The van der Waals surface area contributed by atoms with Gasteiger partial charge in [0.05, 0.1) is 11.1 Å². The van der Waals surface area contributed by atoms with Crippen molar-refractivity contribution in [2.45, 2.75) is 25.8 Å². The molecule has 0 saturated carbocycles. The molecule has 2 heterocycles. The summed E-state index contributed by atoms with van der Waals surface area (Å²) < 4.78 is 28.0. The molecule has 0 N–H and O–H groups in total. The van der Waals surface area contributed by atoms with Gasteiger partial charge in [-0.15, -0.1) is 10.2 Å². The number of aliphatic imine (C=N–C) groups is 1. The van der Waals surface area contributed by atoms with Crippen molar-refractivity contribution in [1.82, 2.24) is 15.2 Å². The van der Waals surface area contributed by atoms with E-state index in [2.05, 4.69) is 20.2 Å². The first-order valence-electron chi connectivity index (χ1n) is 7.61. The van der Waals surface area contributed by atoms with Crippen LogP contribution in [0.1, 0.15) is 30.8 Å². The number of hydrogen-bond donors (Lipinski definition) is 0. The van der Waals surface area contributed by atoms with Crippen LogP contribution in [0.5, 0.6) is 0 Å². The minimum absolute atomic E-state index is 0.108. The van der Waals surface area contributed by atoms with Crippen molar-refractivity contribution in [3.05, 3.63) is 65.0 Å². The maximum absolute atomic E-state index is 14.2. The first-order valence-corrected chi connectivity index (χ1v) is 7.61. The molecule has 1 aliphatic rings. The van der Waals surface area contributed by atoms with Gasteiger partial charge in [-0.3, -0.25) is 4.99 Å². The van der Waals surface area contributed by atoms with Gasteiger partial charge in [0, 0.05) is 12.0 Å². The van der Waals surface area contributed by atoms with Crippen molar-refractivity contribution < 1.29 is 8.78 Å². The van der Waals surface area contributed by atoms with E-state index >= 15 is 0 Å². The maximum Gasteiger partial charge on any atom is 0.201 e. The molecule has 120 valence electrons. The van der Waals surface area contributed by atoms with E-state index in [1.807, 2.05) is 13.8 Å². The van der Waals surface area contributed by atoms with Gasteiger partial charge in [-0.05, 0) is 37.6 Å². The molecule has 1 aromatic heterocycles. The summed E-state index contributed by atoms with van der Waals surface area (Å²) in [7, 11) is 0. The average molecular weight is 324 g/mol. The van der Waals surface area contributed by atoms with Gasteiger partial charge in [0.1, 0.15) is 17.0 Å². The van der Waals surface area contributed by atoms with Crippen molar-refractivity contribution >= 4 is 16.7 Å². The second-order valence-corrected chi connectivity index (χ2v) is 6.46. The molecule has 0 unspecified atom stereocenters. The molecule has 3 aromatic rings. The molecule has 2 aromatic carbocycles. The SMILES string of the molecule is CC1(C)Cc2c(F)cccc2C(c2nnc3c(F)cccc3n2)=N1. The molecule has 4 nitrogen and oxygen atoms in total. The zero-order valence-corrected chi connectivity index (χ0v) is 13.2. The molecular weight excluding hydrogens is 310 g/mol. The number of fused-ring (bicyclic) bond motifs is 2. The van der Waals surface area contributed by atoms with E-state index in [-0.39, 0.29) is 17.2 Å². The van der Waals surface area contributed by atoms with Crippen LogP contribution in [0.2, 0.25) is 0 Å². The predicted molar refractivity (Wildman–Crippen MR) is 87.1 cm³/mol. The fourth-order valence-corrected chi connectivity index (χ4v) is 2.99. The average Bonchev–Trinajstić information content (AvgIpc) is 2.54. The Balaban J connectivity index is 1.95. The van der Waals surface area contributed by atoms with E-state index in [9.17, 15) is 8.78 Å². The summed E-state index contributed by atoms with van der Waals surface area (Å²) in [6, 6.07) is 9.41. The maximum atomic E-state index is 14.2. The quantitative estimate of drug-likeness (QED) is 0.688. The van der Waals surface area contributed by atoms with Gasteiger partial charge in [0.15, 0.2) is 5.82 Å². The van der Waals surface area contributed by atoms with Crippen LogP contribution >= 0.6 is 0 Å². The second-order valence-electron chi connectivity index (χ2n) is 6.46. The topological polar surface area (TPSA) is 51.0 Å². The smallest absolute Gasteiger partial charge is 0.201 e. The molecule has 6 heteroatoms. The number of aromatic nitrogens is 3. The van der Waals surface area contributed by atoms with E-state index in [4.69, 9.17) is 0 Å². The van der Waals surface area contributed by atoms with Crippen LogP contribution in [0, 0.1) is 11.6 Å². The molecular formula is C18H14F2N4. The van der Waals surface area contributed by atoms with E-state index in [1.54, 1.807) is 24.3 Å². The van der Waals surface area contributed by atoms with E-state index in [0.29, 0.717) is 28.8 Å². The monoisotopic (exact) mass is 324 g/mol. The number of hydrogen-bond acceptors (Lipinski definition) is 4. The summed E-state index contributed by atoms with van der Waals surface area (Å²) in [5.74, 6) is -0.475. The molecule has 0 radical (unpaired) electrons. The zero-order chi connectivity index (χ0) is 16.9. The fourth-order valence-electron chi connectivity index (χ4n) is 2.99. The van der Waals surface area contributed by atoms with E-state index in [1.165, 1.54) is 12.1 Å². The Labute approximate surface area is 137 Å². The first-order chi connectivity index (χ1) is 11.4. The summed E-state index contributed by atoms with van der Waals surface area (Å²) in [5.41, 5.74) is 1.76. The van der Waals surface area contributed by atoms with Crippen LogP contribution < -0.4 is 0 Å². The largest absolute Gasteiger partial charge is 0.274 e. The Morgan fingerprint density at radius 2 is 1.71 bits per heavy atom. The highest BCUT2D eigenvalue weighted by atomic mass is 19.1. The number of nitrogens with zero attached hydrogens (tertiary/aromatic N) is 4. The summed E-state index contributed by atoms with van der Waals surface area (Å²) in [5, 5.41) is 7.97. The molecule has 0 bridgehead atoms. The van der Waals surface area contributed by atoms with Gasteiger partial charge in [-0.1, -0.05) is 18.2 Å². The summed E-state index contributed by atoms with van der Waals surface area (Å²) in [4.78, 5) is 9.07. The normalized spacial score (nSPS) is 15.9. The third kappa shape index (κ3) is 2.35. The van der Waals surface area contributed by atoms with Crippen molar-refractivity contribution in [2.75, 3.05) is 0 Å². The number of rotatable bonds is 1. The van der Waals surface area contributed by atoms with Gasteiger partial charge < -0.3 is 0 Å². The van der Waals surface area contributed by atoms with Crippen molar-refractivity contribution in [3.8, 4) is 0 Å². The van der Waals surface area contributed by atoms with Crippen LogP contribution in [0.3, 0.4) is 0 Å².